The van der Waals surface area contributed by atoms with E-state index in [1.165, 1.54) is 23.5 Å². The maximum absolute atomic E-state index is 13.0. The number of halogens is 2. The van der Waals surface area contributed by atoms with Crippen LogP contribution < -0.4 is 14.8 Å². The van der Waals surface area contributed by atoms with Gasteiger partial charge in [0.05, 0.1) is 7.11 Å². The van der Waals surface area contributed by atoms with Gasteiger partial charge in [0.15, 0.2) is 16.6 Å². The molecule has 1 aromatic heterocycles. The van der Waals surface area contributed by atoms with Crippen LogP contribution in [0.15, 0.2) is 52.4 Å². The maximum Gasteiger partial charge on any atom is 0.182 e. The number of anilines is 1. The number of thiazole rings is 1. The standard InChI is InChI=1S/C18H16BrFN2O2S/c1-23-16-7-6-15(19)14(10-22-18-21-8-9-25-18)17(16)24-11-12-2-4-13(20)5-3-12/h2-9H,10-11H2,1H3,(H,21,22). The molecule has 0 aliphatic rings. The lowest BCUT2D eigenvalue weighted by molar-refractivity contribution is 0.281. The second-order valence-electron chi connectivity index (χ2n) is 5.16. The number of nitrogens with one attached hydrogen (secondary N) is 1. The third kappa shape index (κ3) is 4.49. The minimum absolute atomic E-state index is 0.267. The molecule has 7 heteroatoms. The molecule has 130 valence electrons. The molecule has 1 N–H and O–H groups in total. The SMILES string of the molecule is COc1ccc(Br)c(CNc2nccs2)c1OCc1ccc(F)cc1. The van der Waals surface area contributed by atoms with Crippen molar-refractivity contribution in [3.05, 3.63) is 69.4 Å². The molecule has 0 atom stereocenters. The van der Waals surface area contributed by atoms with E-state index in [1.54, 1.807) is 25.4 Å². The van der Waals surface area contributed by atoms with Crippen molar-refractivity contribution in [2.24, 2.45) is 0 Å². The number of hydrogen-bond donors (Lipinski definition) is 1. The van der Waals surface area contributed by atoms with E-state index in [0.29, 0.717) is 24.7 Å². The Morgan fingerprint density at radius 3 is 2.68 bits per heavy atom. The first-order valence-corrected chi connectivity index (χ1v) is 9.20. The number of aromatic nitrogens is 1. The van der Waals surface area contributed by atoms with Gasteiger partial charge in [-0.2, -0.15) is 0 Å². The van der Waals surface area contributed by atoms with E-state index >= 15 is 0 Å². The molecule has 0 bridgehead atoms. The summed E-state index contributed by atoms with van der Waals surface area (Å²) in [6, 6.07) is 10.0. The van der Waals surface area contributed by atoms with Crippen LogP contribution in [-0.4, -0.2) is 12.1 Å². The lowest BCUT2D eigenvalue weighted by atomic mass is 10.1. The summed E-state index contributed by atoms with van der Waals surface area (Å²) in [6.45, 7) is 0.849. The zero-order chi connectivity index (χ0) is 17.6. The Morgan fingerprint density at radius 2 is 2.00 bits per heavy atom. The van der Waals surface area contributed by atoms with Gasteiger partial charge in [-0.25, -0.2) is 9.37 Å². The lowest BCUT2D eigenvalue weighted by Gasteiger charge is -2.17. The summed E-state index contributed by atoms with van der Waals surface area (Å²) >= 11 is 5.10. The van der Waals surface area contributed by atoms with E-state index < -0.39 is 0 Å². The zero-order valence-corrected chi connectivity index (χ0v) is 15.9. The minimum Gasteiger partial charge on any atom is -0.493 e. The van der Waals surface area contributed by atoms with Crippen molar-refractivity contribution in [3.63, 3.8) is 0 Å². The molecule has 3 aromatic rings. The summed E-state index contributed by atoms with van der Waals surface area (Å²) in [5.74, 6) is 1.02. The maximum atomic E-state index is 13.0. The van der Waals surface area contributed by atoms with Crippen molar-refractivity contribution in [1.29, 1.82) is 0 Å². The van der Waals surface area contributed by atoms with Gasteiger partial charge in [-0.05, 0) is 29.8 Å². The minimum atomic E-state index is -0.267. The number of methoxy groups -OCH3 is 1. The molecule has 0 unspecified atom stereocenters. The molecule has 3 rings (SSSR count). The fraction of sp³-hybridized carbons (Fsp3) is 0.167. The van der Waals surface area contributed by atoms with Gasteiger partial charge in [0.1, 0.15) is 12.4 Å². The molecule has 4 nitrogen and oxygen atoms in total. The summed E-state index contributed by atoms with van der Waals surface area (Å²) < 4.78 is 25.4. The van der Waals surface area contributed by atoms with Crippen LogP contribution in [-0.2, 0) is 13.2 Å². The molecule has 0 aliphatic carbocycles. The highest BCUT2D eigenvalue weighted by Crippen LogP contribution is 2.37. The fourth-order valence-electron chi connectivity index (χ4n) is 2.28. The first-order chi connectivity index (χ1) is 12.2. The first-order valence-electron chi connectivity index (χ1n) is 7.53. The average Bonchev–Trinajstić information content (AvgIpc) is 3.14. The first kappa shape index (κ1) is 17.7. The van der Waals surface area contributed by atoms with Gasteiger partial charge in [-0.15, -0.1) is 11.3 Å². The predicted octanol–water partition coefficient (Wildman–Crippen LogP) is 5.24. The van der Waals surface area contributed by atoms with Crippen LogP contribution in [0, 0.1) is 5.82 Å². The largest absolute Gasteiger partial charge is 0.493 e. The van der Waals surface area contributed by atoms with Gasteiger partial charge in [0, 0.05) is 28.2 Å². The lowest BCUT2D eigenvalue weighted by Crippen LogP contribution is -2.06. The zero-order valence-electron chi connectivity index (χ0n) is 13.5. The fourth-order valence-corrected chi connectivity index (χ4v) is 3.26. The number of ether oxygens (including phenoxy) is 2. The Labute approximate surface area is 157 Å². The molecule has 0 saturated carbocycles. The van der Waals surface area contributed by atoms with Crippen molar-refractivity contribution in [1.82, 2.24) is 4.98 Å². The third-order valence-corrected chi connectivity index (χ3v) is 5.01. The molecule has 0 aliphatic heterocycles. The van der Waals surface area contributed by atoms with E-state index in [2.05, 4.69) is 26.2 Å². The van der Waals surface area contributed by atoms with E-state index in [1.807, 2.05) is 17.5 Å². The normalized spacial score (nSPS) is 10.5. The molecule has 0 amide bonds. The molecule has 0 saturated heterocycles. The van der Waals surface area contributed by atoms with Gasteiger partial charge in [-0.3, -0.25) is 0 Å². The van der Waals surface area contributed by atoms with Gasteiger partial charge in [0.25, 0.3) is 0 Å². The Kier molecular flexibility index (Phi) is 5.88. The van der Waals surface area contributed by atoms with Crippen LogP contribution in [0.2, 0.25) is 0 Å². The van der Waals surface area contributed by atoms with E-state index in [4.69, 9.17) is 9.47 Å². The van der Waals surface area contributed by atoms with Gasteiger partial charge < -0.3 is 14.8 Å². The van der Waals surface area contributed by atoms with Gasteiger partial charge in [0.2, 0.25) is 0 Å². The smallest absolute Gasteiger partial charge is 0.182 e. The molecule has 1 heterocycles. The van der Waals surface area contributed by atoms with Crippen LogP contribution in [0.1, 0.15) is 11.1 Å². The molecule has 25 heavy (non-hydrogen) atoms. The van der Waals surface area contributed by atoms with Crippen molar-refractivity contribution in [2.75, 3.05) is 12.4 Å². The van der Waals surface area contributed by atoms with Crippen molar-refractivity contribution in [2.45, 2.75) is 13.2 Å². The summed E-state index contributed by atoms with van der Waals surface area (Å²) in [5.41, 5.74) is 1.80. The summed E-state index contributed by atoms with van der Waals surface area (Å²) in [4.78, 5) is 4.22. The molecular formula is C18H16BrFN2O2S. The van der Waals surface area contributed by atoms with E-state index in [9.17, 15) is 4.39 Å². The van der Waals surface area contributed by atoms with Crippen molar-refractivity contribution in [3.8, 4) is 11.5 Å². The van der Waals surface area contributed by atoms with Crippen LogP contribution in [0.25, 0.3) is 0 Å². The Hall–Kier alpha value is -2.12. The molecular weight excluding hydrogens is 407 g/mol. The Bertz CT molecular complexity index is 826. The molecule has 2 aromatic carbocycles. The van der Waals surface area contributed by atoms with Gasteiger partial charge >= 0.3 is 0 Å². The van der Waals surface area contributed by atoms with E-state index in [0.717, 1.165) is 20.7 Å². The Morgan fingerprint density at radius 1 is 1.20 bits per heavy atom. The second kappa shape index (κ2) is 8.31. The topological polar surface area (TPSA) is 43.4 Å². The highest BCUT2D eigenvalue weighted by Gasteiger charge is 2.15. The third-order valence-electron chi connectivity index (χ3n) is 3.53. The highest BCUT2D eigenvalue weighted by molar-refractivity contribution is 9.10. The van der Waals surface area contributed by atoms with Crippen LogP contribution >= 0.6 is 27.3 Å². The molecule has 0 radical (unpaired) electrons. The molecule has 0 spiro atoms. The summed E-state index contributed by atoms with van der Waals surface area (Å²) in [5, 5.41) is 6.02. The average molecular weight is 423 g/mol. The second-order valence-corrected chi connectivity index (χ2v) is 6.91. The van der Waals surface area contributed by atoms with Crippen molar-refractivity contribution < 1.29 is 13.9 Å². The number of nitrogens with zero attached hydrogens (tertiary/aromatic N) is 1. The van der Waals surface area contributed by atoms with E-state index in [-0.39, 0.29) is 5.82 Å². The number of hydrogen-bond acceptors (Lipinski definition) is 5. The Balaban J connectivity index is 1.81. The van der Waals surface area contributed by atoms with Crippen LogP contribution in [0.3, 0.4) is 0 Å². The quantitative estimate of drug-likeness (QED) is 0.564. The van der Waals surface area contributed by atoms with Crippen LogP contribution in [0.5, 0.6) is 11.5 Å². The predicted molar refractivity (Wildman–Crippen MR) is 101 cm³/mol. The van der Waals surface area contributed by atoms with Crippen molar-refractivity contribution >= 4 is 32.4 Å². The summed E-state index contributed by atoms with van der Waals surface area (Å²) in [7, 11) is 1.60. The summed E-state index contributed by atoms with van der Waals surface area (Å²) in [6.07, 6.45) is 1.75. The number of benzene rings is 2. The highest BCUT2D eigenvalue weighted by atomic mass is 79.9. The number of rotatable bonds is 7. The monoisotopic (exact) mass is 422 g/mol. The van der Waals surface area contributed by atoms with Gasteiger partial charge in [-0.1, -0.05) is 28.1 Å². The van der Waals surface area contributed by atoms with Crippen LogP contribution in [0.4, 0.5) is 9.52 Å². The molecule has 0 fully saturated rings.